The maximum Gasteiger partial charge on any atom is 0.421 e. The quantitative estimate of drug-likeness (QED) is 0.245. The maximum atomic E-state index is 13.5. The number of nitro groups is 1. The fourth-order valence-corrected chi connectivity index (χ4v) is 3.73. The van der Waals surface area contributed by atoms with Crippen molar-refractivity contribution in [2.24, 2.45) is 5.92 Å². The van der Waals surface area contributed by atoms with Crippen molar-refractivity contribution in [3.8, 4) is 0 Å². The van der Waals surface area contributed by atoms with Crippen LogP contribution in [0.3, 0.4) is 0 Å². The Morgan fingerprint density at radius 3 is 2.39 bits per heavy atom. The highest BCUT2D eigenvalue weighted by Crippen LogP contribution is 2.44. The molecule has 1 aliphatic heterocycles. The van der Waals surface area contributed by atoms with E-state index in [-0.39, 0.29) is 30.7 Å². The van der Waals surface area contributed by atoms with Crippen LogP contribution in [0.4, 0.5) is 10.5 Å². The summed E-state index contributed by atoms with van der Waals surface area (Å²) in [5.41, 5.74) is -0.475. The van der Waals surface area contributed by atoms with Crippen LogP contribution >= 0.6 is 0 Å². The Balaban J connectivity index is 2.57. The Labute approximate surface area is 191 Å². The standard InChI is InChI=1S/C22H28N2O9/c1-6-32-20(27)18(15(24(29)30)11-12-16(25)31-5)17-13-9-7-8-10-14(13)23(19(17)26)21(28)33-22(2,3)4/h7-10,15,17-18H,6,11-12H2,1-5H3/t15-,17-,18-/m0/s1. The normalized spacial score (nSPS) is 17.1. The number of carbonyl (C=O) groups excluding carboxylic acids is 4. The van der Waals surface area contributed by atoms with Crippen LogP contribution in [0, 0.1) is 16.0 Å². The summed E-state index contributed by atoms with van der Waals surface area (Å²) in [5.74, 6) is -5.46. The summed E-state index contributed by atoms with van der Waals surface area (Å²) in [4.78, 5) is 62.9. The molecule has 0 saturated carbocycles. The molecule has 33 heavy (non-hydrogen) atoms. The van der Waals surface area contributed by atoms with Crippen molar-refractivity contribution in [2.75, 3.05) is 18.6 Å². The fraction of sp³-hybridized carbons (Fsp3) is 0.545. The highest BCUT2D eigenvalue weighted by atomic mass is 16.6. The van der Waals surface area contributed by atoms with E-state index in [0.717, 1.165) is 12.0 Å². The van der Waals surface area contributed by atoms with Crippen molar-refractivity contribution in [1.29, 1.82) is 0 Å². The number of benzene rings is 1. The second-order valence-electron chi connectivity index (χ2n) is 8.44. The van der Waals surface area contributed by atoms with Crippen molar-refractivity contribution < 1.29 is 38.3 Å². The molecule has 0 bridgehead atoms. The summed E-state index contributed by atoms with van der Waals surface area (Å²) >= 11 is 0. The number of methoxy groups -OCH3 is 1. The summed E-state index contributed by atoms with van der Waals surface area (Å²) in [6.45, 7) is 6.35. The number of esters is 2. The van der Waals surface area contributed by atoms with Crippen LogP contribution in [-0.2, 0) is 28.6 Å². The van der Waals surface area contributed by atoms with E-state index in [2.05, 4.69) is 4.74 Å². The first-order chi connectivity index (χ1) is 15.4. The second kappa shape index (κ2) is 10.4. The molecule has 0 saturated heterocycles. The van der Waals surface area contributed by atoms with Crippen LogP contribution < -0.4 is 4.90 Å². The molecule has 11 nitrogen and oxygen atoms in total. The van der Waals surface area contributed by atoms with Crippen molar-refractivity contribution in [3.63, 3.8) is 0 Å². The molecule has 0 aliphatic carbocycles. The molecule has 0 aromatic heterocycles. The van der Waals surface area contributed by atoms with Gasteiger partial charge in [-0.3, -0.25) is 24.5 Å². The molecule has 2 amide bonds. The zero-order valence-electron chi connectivity index (χ0n) is 19.2. The molecule has 0 spiro atoms. The molecule has 0 N–H and O–H groups in total. The van der Waals surface area contributed by atoms with Crippen molar-refractivity contribution >= 4 is 29.6 Å². The molecule has 2 rings (SSSR count). The summed E-state index contributed by atoms with van der Waals surface area (Å²) in [6, 6.07) is 4.56. The number of rotatable bonds is 8. The maximum absolute atomic E-state index is 13.5. The second-order valence-corrected chi connectivity index (χ2v) is 8.44. The summed E-state index contributed by atoms with van der Waals surface area (Å²) in [5, 5.41) is 12.0. The monoisotopic (exact) mass is 464 g/mol. The lowest BCUT2D eigenvalue weighted by molar-refractivity contribution is -0.531. The molecular weight excluding hydrogens is 436 g/mol. The number of carbonyl (C=O) groups is 4. The smallest absolute Gasteiger partial charge is 0.421 e. The number of nitrogens with zero attached hydrogens (tertiary/aromatic N) is 2. The number of para-hydroxylation sites is 1. The molecule has 1 aliphatic rings. The molecular formula is C22H28N2O9. The van der Waals surface area contributed by atoms with Gasteiger partial charge in [-0.2, -0.15) is 0 Å². The minimum Gasteiger partial charge on any atom is -0.469 e. The van der Waals surface area contributed by atoms with Gasteiger partial charge in [-0.1, -0.05) is 18.2 Å². The van der Waals surface area contributed by atoms with Gasteiger partial charge in [-0.25, -0.2) is 9.69 Å². The van der Waals surface area contributed by atoms with E-state index in [4.69, 9.17) is 9.47 Å². The predicted molar refractivity (Wildman–Crippen MR) is 115 cm³/mol. The number of anilines is 1. The van der Waals surface area contributed by atoms with Gasteiger partial charge >= 0.3 is 18.0 Å². The number of imide groups is 1. The first kappa shape index (κ1) is 25.8. The van der Waals surface area contributed by atoms with Crippen LogP contribution in [0.15, 0.2) is 24.3 Å². The minimum absolute atomic E-state index is 0.0743. The van der Waals surface area contributed by atoms with Crippen LogP contribution in [0.5, 0.6) is 0 Å². The van der Waals surface area contributed by atoms with Gasteiger partial charge in [0.1, 0.15) is 11.5 Å². The molecule has 0 radical (unpaired) electrons. The molecule has 11 heteroatoms. The fourth-order valence-electron chi connectivity index (χ4n) is 3.73. The number of fused-ring (bicyclic) bond motifs is 1. The Morgan fingerprint density at radius 2 is 1.85 bits per heavy atom. The third-order valence-corrected chi connectivity index (χ3v) is 5.05. The lowest BCUT2D eigenvalue weighted by atomic mass is 9.80. The Hall–Kier alpha value is -3.50. The minimum atomic E-state index is -1.64. The first-order valence-corrected chi connectivity index (χ1v) is 10.5. The van der Waals surface area contributed by atoms with E-state index < -0.39 is 52.3 Å². The van der Waals surface area contributed by atoms with Gasteiger partial charge in [0.15, 0.2) is 0 Å². The van der Waals surface area contributed by atoms with Crippen molar-refractivity contribution in [1.82, 2.24) is 0 Å². The van der Waals surface area contributed by atoms with E-state index in [9.17, 15) is 29.3 Å². The molecule has 1 aromatic rings. The number of ether oxygens (including phenoxy) is 3. The van der Waals surface area contributed by atoms with E-state index in [1.807, 2.05) is 0 Å². The van der Waals surface area contributed by atoms with Crippen LogP contribution in [0.1, 0.15) is 52.0 Å². The molecule has 180 valence electrons. The lowest BCUT2D eigenvalue weighted by Crippen LogP contribution is -2.45. The zero-order chi connectivity index (χ0) is 24.9. The largest absolute Gasteiger partial charge is 0.469 e. The Bertz CT molecular complexity index is 938. The van der Waals surface area contributed by atoms with Gasteiger partial charge in [0.2, 0.25) is 11.9 Å². The van der Waals surface area contributed by atoms with E-state index in [1.165, 1.54) is 19.1 Å². The molecule has 0 fully saturated rings. The average molecular weight is 464 g/mol. The van der Waals surface area contributed by atoms with Crippen LogP contribution in [0.25, 0.3) is 0 Å². The van der Waals surface area contributed by atoms with Crippen LogP contribution in [-0.4, -0.2) is 54.2 Å². The zero-order valence-corrected chi connectivity index (χ0v) is 19.2. The van der Waals surface area contributed by atoms with E-state index in [1.54, 1.807) is 32.9 Å². The Morgan fingerprint density at radius 1 is 1.21 bits per heavy atom. The average Bonchev–Trinajstić information content (AvgIpc) is 3.01. The third kappa shape index (κ3) is 5.85. The SMILES string of the molecule is CCOC(=O)[C@H]([C@H]1C(=O)N(C(=O)OC(C)(C)C)c2ccccc21)[C@H](CCC(=O)OC)[N+](=O)[O-]. The predicted octanol–water partition coefficient (Wildman–Crippen LogP) is 2.83. The van der Waals surface area contributed by atoms with E-state index >= 15 is 0 Å². The van der Waals surface area contributed by atoms with Crippen molar-refractivity contribution in [2.45, 2.75) is 58.1 Å². The first-order valence-electron chi connectivity index (χ1n) is 10.5. The summed E-state index contributed by atoms with van der Waals surface area (Å²) < 4.78 is 15.0. The Kier molecular flexibility index (Phi) is 8.13. The van der Waals surface area contributed by atoms with Gasteiger partial charge in [-0.15, -0.1) is 0 Å². The van der Waals surface area contributed by atoms with Gasteiger partial charge in [0.05, 0.1) is 31.7 Å². The summed E-state index contributed by atoms with van der Waals surface area (Å²) in [6.07, 6.45) is -1.66. The number of hydrogen-bond donors (Lipinski definition) is 0. The summed E-state index contributed by atoms with van der Waals surface area (Å²) in [7, 11) is 1.14. The number of amides is 2. The van der Waals surface area contributed by atoms with Crippen LogP contribution in [0.2, 0.25) is 0 Å². The van der Waals surface area contributed by atoms with Gasteiger partial charge in [0, 0.05) is 11.3 Å². The highest BCUT2D eigenvalue weighted by molar-refractivity contribution is 6.20. The third-order valence-electron chi connectivity index (χ3n) is 5.05. The number of hydrogen-bond acceptors (Lipinski definition) is 9. The lowest BCUT2D eigenvalue weighted by Gasteiger charge is -2.26. The molecule has 1 aromatic carbocycles. The van der Waals surface area contributed by atoms with Gasteiger partial charge < -0.3 is 14.2 Å². The van der Waals surface area contributed by atoms with Gasteiger partial charge in [0.25, 0.3) is 0 Å². The molecule has 1 heterocycles. The molecule has 3 atom stereocenters. The highest BCUT2D eigenvalue weighted by Gasteiger charge is 2.54. The topological polar surface area (TPSA) is 142 Å². The van der Waals surface area contributed by atoms with E-state index in [0.29, 0.717) is 0 Å². The van der Waals surface area contributed by atoms with Gasteiger partial charge in [-0.05, 0) is 39.3 Å². The van der Waals surface area contributed by atoms with Crippen molar-refractivity contribution in [3.05, 3.63) is 39.9 Å². The molecule has 0 unspecified atom stereocenters.